The van der Waals surface area contributed by atoms with E-state index in [-0.39, 0.29) is 23.8 Å². The quantitative estimate of drug-likeness (QED) is 0.246. The zero-order valence-electron chi connectivity index (χ0n) is 22.1. The molecule has 1 aliphatic heterocycles. The highest BCUT2D eigenvalue weighted by Crippen LogP contribution is 2.30. The van der Waals surface area contributed by atoms with Gasteiger partial charge < -0.3 is 9.64 Å². The molecule has 4 nitrogen and oxygen atoms in total. The predicted molar refractivity (Wildman–Crippen MR) is 153 cm³/mol. The number of carbonyl (C=O) groups is 1. The van der Waals surface area contributed by atoms with Crippen LogP contribution in [-0.4, -0.2) is 35.4 Å². The fraction of sp³-hybridized carbons (Fsp3) is 0.206. The third-order valence-corrected chi connectivity index (χ3v) is 7.23. The Hall–Kier alpha value is -4.22. The molecule has 1 heterocycles. The largest absolute Gasteiger partial charge is 0.497 e. The van der Waals surface area contributed by atoms with Crippen LogP contribution < -0.4 is 4.74 Å². The number of carbonyl (C=O) groups excluding carboxylic acids is 1. The summed E-state index contributed by atoms with van der Waals surface area (Å²) in [5.74, 6) is 0.519. The van der Waals surface area contributed by atoms with E-state index in [9.17, 15) is 9.18 Å². The van der Waals surface area contributed by atoms with E-state index in [0.29, 0.717) is 26.1 Å². The van der Waals surface area contributed by atoms with Gasteiger partial charge in [0, 0.05) is 19.6 Å². The third kappa shape index (κ3) is 6.62. The van der Waals surface area contributed by atoms with Crippen LogP contribution in [0.15, 0.2) is 121 Å². The van der Waals surface area contributed by atoms with Gasteiger partial charge in [-0.1, -0.05) is 97.1 Å². The number of ether oxygens (including phenoxy) is 1. The molecule has 0 radical (unpaired) electrons. The van der Waals surface area contributed by atoms with Crippen molar-refractivity contribution in [1.82, 2.24) is 9.80 Å². The van der Waals surface area contributed by atoms with Crippen molar-refractivity contribution in [2.45, 2.75) is 31.6 Å². The van der Waals surface area contributed by atoms with Crippen LogP contribution in [0, 0.1) is 5.82 Å². The van der Waals surface area contributed by atoms with Crippen LogP contribution in [0.1, 0.15) is 28.3 Å². The lowest BCUT2D eigenvalue weighted by Crippen LogP contribution is -2.51. The van der Waals surface area contributed by atoms with Crippen molar-refractivity contribution in [3.63, 3.8) is 0 Å². The molecule has 0 saturated carbocycles. The maximum absolute atomic E-state index is 14.6. The maximum atomic E-state index is 14.6. The van der Waals surface area contributed by atoms with Gasteiger partial charge in [0.1, 0.15) is 11.6 Å². The second kappa shape index (κ2) is 12.5. The van der Waals surface area contributed by atoms with Gasteiger partial charge in [-0.05, 0) is 52.9 Å². The van der Waals surface area contributed by atoms with Crippen molar-refractivity contribution in [2.75, 3.05) is 13.7 Å². The van der Waals surface area contributed by atoms with Gasteiger partial charge in [-0.25, -0.2) is 4.39 Å². The van der Waals surface area contributed by atoms with Gasteiger partial charge >= 0.3 is 0 Å². The lowest BCUT2D eigenvalue weighted by atomic mass is 9.96. The molecular weight excluding hydrogens is 487 g/mol. The van der Waals surface area contributed by atoms with E-state index in [0.717, 1.165) is 28.0 Å². The minimum absolute atomic E-state index is 0.0456. The second-order valence-corrected chi connectivity index (χ2v) is 9.86. The van der Waals surface area contributed by atoms with Crippen LogP contribution in [0.25, 0.3) is 0 Å². The highest BCUT2D eigenvalue weighted by Gasteiger charge is 2.35. The molecule has 0 fully saturated rings. The normalized spacial score (nSPS) is 18.8. The molecule has 4 aromatic carbocycles. The molecule has 0 aromatic heterocycles. The van der Waals surface area contributed by atoms with Gasteiger partial charge in [0.2, 0.25) is 5.91 Å². The van der Waals surface area contributed by atoms with Crippen molar-refractivity contribution < 1.29 is 13.9 Å². The number of hydrogen-bond donors (Lipinski definition) is 0. The fourth-order valence-electron chi connectivity index (χ4n) is 5.14. The summed E-state index contributed by atoms with van der Waals surface area (Å²) in [4.78, 5) is 18.8. The highest BCUT2D eigenvalue weighted by atomic mass is 19.1. The van der Waals surface area contributed by atoms with Gasteiger partial charge in [0.05, 0.1) is 19.2 Å². The number of nitrogens with zero attached hydrogens (tertiary/aromatic N) is 2. The minimum Gasteiger partial charge on any atom is -0.497 e. The zero-order chi connectivity index (χ0) is 27.0. The maximum Gasteiger partial charge on any atom is 0.241 e. The number of hydrogen-bond acceptors (Lipinski definition) is 3. The molecule has 198 valence electrons. The van der Waals surface area contributed by atoms with Crippen LogP contribution in [0.4, 0.5) is 4.39 Å². The van der Waals surface area contributed by atoms with E-state index in [4.69, 9.17) is 4.74 Å². The van der Waals surface area contributed by atoms with Gasteiger partial charge in [-0.2, -0.15) is 0 Å². The van der Waals surface area contributed by atoms with Gasteiger partial charge in [-0.3, -0.25) is 9.69 Å². The first-order valence-electron chi connectivity index (χ1n) is 13.3. The monoisotopic (exact) mass is 520 g/mol. The number of methoxy groups -OCH3 is 1. The van der Waals surface area contributed by atoms with Crippen molar-refractivity contribution in [3.05, 3.63) is 149 Å². The summed E-state index contributed by atoms with van der Waals surface area (Å²) < 4.78 is 19.1. The molecule has 4 aromatic rings. The van der Waals surface area contributed by atoms with E-state index in [1.807, 2.05) is 65.6 Å². The molecule has 0 saturated heterocycles. The molecule has 1 aliphatic rings. The van der Waals surface area contributed by atoms with Crippen LogP contribution in [0.2, 0.25) is 0 Å². The summed E-state index contributed by atoms with van der Waals surface area (Å²) in [5, 5.41) is 0. The molecule has 0 bridgehead atoms. The summed E-state index contributed by atoms with van der Waals surface area (Å²) in [6, 6.07) is 34.1. The third-order valence-electron chi connectivity index (χ3n) is 7.23. The lowest BCUT2D eigenvalue weighted by molar-refractivity contribution is -0.139. The smallest absolute Gasteiger partial charge is 0.241 e. The van der Waals surface area contributed by atoms with Crippen LogP contribution in [0.3, 0.4) is 0 Å². The molecule has 0 spiro atoms. The number of rotatable bonds is 8. The van der Waals surface area contributed by atoms with Crippen LogP contribution in [-0.2, 0) is 24.3 Å². The van der Waals surface area contributed by atoms with Crippen molar-refractivity contribution in [1.29, 1.82) is 0 Å². The number of halogens is 1. The molecule has 1 amide bonds. The average molecular weight is 521 g/mol. The van der Waals surface area contributed by atoms with E-state index >= 15 is 0 Å². The first kappa shape index (κ1) is 26.4. The van der Waals surface area contributed by atoms with E-state index < -0.39 is 0 Å². The minimum atomic E-state index is -0.376. The second-order valence-electron chi connectivity index (χ2n) is 9.86. The molecule has 5 rings (SSSR count). The topological polar surface area (TPSA) is 32.8 Å². The Morgan fingerprint density at radius 1 is 0.769 bits per heavy atom. The average Bonchev–Trinajstić information content (AvgIpc) is 2.98. The molecule has 0 aliphatic carbocycles. The van der Waals surface area contributed by atoms with Gasteiger partial charge in [-0.15, -0.1) is 0 Å². The van der Waals surface area contributed by atoms with E-state index in [1.54, 1.807) is 19.2 Å². The Morgan fingerprint density at radius 3 is 2.03 bits per heavy atom. The Balaban J connectivity index is 1.56. The van der Waals surface area contributed by atoms with Crippen molar-refractivity contribution >= 4 is 5.91 Å². The first-order chi connectivity index (χ1) is 19.1. The SMILES string of the molecule is COc1ccc([C@H]2/C=C\CN(Cc3ccccc3)[C@@H](Cc3ccccc3)C(=O)N2Cc2ccc(F)cc2)cc1. The van der Waals surface area contributed by atoms with Crippen LogP contribution >= 0.6 is 0 Å². The Morgan fingerprint density at radius 2 is 1.38 bits per heavy atom. The van der Waals surface area contributed by atoms with Gasteiger partial charge in [0.15, 0.2) is 0 Å². The van der Waals surface area contributed by atoms with E-state index in [1.165, 1.54) is 12.1 Å². The van der Waals surface area contributed by atoms with Gasteiger partial charge in [0.25, 0.3) is 0 Å². The Bertz CT molecular complexity index is 1370. The fourth-order valence-corrected chi connectivity index (χ4v) is 5.14. The van der Waals surface area contributed by atoms with E-state index in [2.05, 4.69) is 41.3 Å². The highest BCUT2D eigenvalue weighted by molar-refractivity contribution is 5.83. The molecule has 0 N–H and O–H groups in total. The summed E-state index contributed by atoms with van der Waals surface area (Å²) >= 11 is 0. The molecule has 2 atom stereocenters. The zero-order valence-corrected chi connectivity index (χ0v) is 22.1. The predicted octanol–water partition coefficient (Wildman–Crippen LogP) is 6.59. The Kier molecular flexibility index (Phi) is 8.49. The molecule has 39 heavy (non-hydrogen) atoms. The molecular formula is C34H33FN2O2. The summed E-state index contributed by atoms with van der Waals surface area (Å²) in [6.45, 7) is 1.67. The molecule has 0 unspecified atom stereocenters. The first-order valence-corrected chi connectivity index (χ1v) is 13.3. The lowest BCUT2D eigenvalue weighted by Gasteiger charge is -2.39. The van der Waals surface area contributed by atoms with Crippen molar-refractivity contribution in [2.24, 2.45) is 0 Å². The summed E-state index contributed by atoms with van der Waals surface area (Å²) in [7, 11) is 1.64. The number of benzene rings is 4. The standard InChI is InChI=1S/C34H33FN2O2/c1-39-31-20-16-29(17-21-31)32-13-8-22-36(24-27-11-6-3-7-12-27)33(23-26-9-4-2-5-10-26)34(38)37(32)25-28-14-18-30(35)19-15-28/h2-21,32-33H,22-25H2,1H3/b13-8-/t32-,33+/m1/s1. The molecule has 5 heteroatoms. The number of amides is 1. The summed E-state index contributed by atoms with van der Waals surface area (Å²) in [5.41, 5.74) is 4.15. The van der Waals surface area contributed by atoms with Crippen LogP contribution in [0.5, 0.6) is 5.75 Å². The Labute approximate surface area is 230 Å². The summed E-state index contributed by atoms with van der Waals surface area (Å²) in [6.07, 6.45) is 4.87. The van der Waals surface area contributed by atoms with Crippen molar-refractivity contribution in [3.8, 4) is 5.75 Å².